The molecule has 0 aromatic heterocycles. The fourth-order valence-electron chi connectivity index (χ4n) is 2.70. The maximum Gasteiger partial charge on any atom is 0.319 e. The van der Waals surface area contributed by atoms with Gasteiger partial charge < -0.3 is 15.5 Å². The summed E-state index contributed by atoms with van der Waals surface area (Å²) in [6.07, 6.45) is 4.90. The van der Waals surface area contributed by atoms with Gasteiger partial charge in [0, 0.05) is 19.1 Å². The topological polar surface area (TPSA) is 44.4 Å². The Balaban J connectivity index is 1.64. The van der Waals surface area contributed by atoms with Crippen LogP contribution in [-0.4, -0.2) is 36.6 Å². The van der Waals surface area contributed by atoms with Gasteiger partial charge in [-0.05, 0) is 44.9 Å². The molecule has 1 atom stereocenters. The van der Waals surface area contributed by atoms with E-state index in [0.717, 1.165) is 13.0 Å². The number of piperidine rings is 1. The summed E-state index contributed by atoms with van der Waals surface area (Å²) in [6.45, 7) is 5.21. The number of amides is 2. The summed E-state index contributed by atoms with van der Waals surface area (Å²) >= 11 is 6.00. The van der Waals surface area contributed by atoms with Crippen LogP contribution in [0.4, 0.5) is 10.5 Å². The molecule has 1 heterocycles. The van der Waals surface area contributed by atoms with E-state index in [1.54, 1.807) is 12.1 Å². The monoisotopic (exact) mass is 309 g/mol. The first kappa shape index (κ1) is 16.1. The third-order valence-corrected chi connectivity index (χ3v) is 4.30. The first-order chi connectivity index (χ1) is 10.2. The van der Waals surface area contributed by atoms with E-state index in [2.05, 4.69) is 22.5 Å². The van der Waals surface area contributed by atoms with Gasteiger partial charge in [-0.15, -0.1) is 0 Å². The maximum absolute atomic E-state index is 11.8. The number of hydrogen-bond acceptors (Lipinski definition) is 2. The van der Waals surface area contributed by atoms with Crippen LogP contribution in [0, 0.1) is 0 Å². The number of nitrogens with one attached hydrogen (secondary N) is 2. The van der Waals surface area contributed by atoms with Crippen LogP contribution < -0.4 is 10.6 Å². The molecule has 2 rings (SSSR count). The maximum atomic E-state index is 11.8. The number of halogens is 1. The number of urea groups is 1. The Morgan fingerprint density at radius 2 is 2.19 bits per heavy atom. The number of para-hydroxylation sites is 1. The molecule has 2 amide bonds. The molecule has 1 aromatic rings. The summed E-state index contributed by atoms with van der Waals surface area (Å²) in [6, 6.07) is 7.71. The van der Waals surface area contributed by atoms with E-state index < -0.39 is 0 Å². The quantitative estimate of drug-likeness (QED) is 0.814. The molecule has 116 valence electrons. The number of hydrogen-bond donors (Lipinski definition) is 2. The zero-order chi connectivity index (χ0) is 15.1. The van der Waals surface area contributed by atoms with Gasteiger partial charge >= 0.3 is 6.03 Å². The van der Waals surface area contributed by atoms with E-state index in [9.17, 15) is 4.79 Å². The molecule has 0 aliphatic carbocycles. The highest BCUT2D eigenvalue weighted by Gasteiger charge is 2.17. The number of anilines is 1. The molecule has 0 spiro atoms. The van der Waals surface area contributed by atoms with E-state index in [1.807, 2.05) is 12.1 Å². The number of benzene rings is 1. The first-order valence-electron chi connectivity index (χ1n) is 7.70. The van der Waals surface area contributed by atoms with Crippen molar-refractivity contribution in [2.24, 2.45) is 0 Å². The Hall–Kier alpha value is -1.26. The van der Waals surface area contributed by atoms with Gasteiger partial charge in [0.15, 0.2) is 0 Å². The largest absolute Gasteiger partial charge is 0.338 e. The van der Waals surface area contributed by atoms with Gasteiger partial charge in [-0.1, -0.05) is 30.2 Å². The second-order valence-corrected chi connectivity index (χ2v) is 6.00. The molecule has 0 saturated carbocycles. The lowest BCUT2D eigenvalue weighted by Crippen LogP contribution is -2.39. The molecule has 1 saturated heterocycles. The molecule has 1 aliphatic heterocycles. The lowest BCUT2D eigenvalue weighted by Gasteiger charge is -2.33. The first-order valence-corrected chi connectivity index (χ1v) is 8.08. The Morgan fingerprint density at radius 1 is 1.38 bits per heavy atom. The van der Waals surface area contributed by atoms with E-state index in [1.165, 1.54) is 25.8 Å². The molecule has 21 heavy (non-hydrogen) atoms. The fourth-order valence-corrected chi connectivity index (χ4v) is 2.89. The summed E-state index contributed by atoms with van der Waals surface area (Å²) in [5.74, 6) is 0. The van der Waals surface area contributed by atoms with E-state index in [0.29, 0.717) is 23.3 Å². The predicted octanol–water partition coefficient (Wildman–Crippen LogP) is 3.73. The molecule has 1 fully saturated rings. The minimum Gasteiger partial charge on any atom is -0.338 e. The van der Waals surface area contributed by atoms with Crippen LogP contribution in [0.2, 0.25) is 5.02 Å². The number of nitrogens with zero attached hydrogens (tertiary/aromatic N) is 1. The molecule has 0 radical (unpaired) electrons. The third-order valence-electron chi connectivity index (χ3n) is 3.97. The predicted molar refractivity (Wildman–Crippen MR) is 88.0 cm³/mol. The number of carbonyl (C=O) groups excluding carboxylic acids is 1. The van der Waals surface area contributed by atoms with Crippen molar-refractivity contribution >= 4 is 23.3 Å². The Bertz CT molecular complexity index is 467. The molecule has 2 N–H and O–H groups in total. The molecule has 4 nitrogen and oxygen atoms in total. The van der Waals surface area contributed by atoms with Crippen LogP contribution in [-0.2, 0) is 0 Å². The molecular formula is C16H24ClN3O. The highest BCUT2D eigenvalue weighted by Crippen LogP contribution is 2.20. The van der Waals surface area contributed by atoms with Crippen LogP contribution in [0.15, 0.2) is 24.3 Å². The minimum atomic E-state index is -0.199. The molecular weight excluding hydrogens is 286 g/mol. The summed E-state index contributed by atoms with van der Waals surface area (Å²) < 4.78 is 0. The van der Waals surface area contributed by atoms with Crippen molar-refractivity contribution in [3.05, 3.63) is 29.3 Å². The second kappa shape index (κ2) is 8.25. The van der Waals surface area contributed by atoms with Crippen LogP contribution in [0.1, 0.15) is 32.6 Å². The van der Waals surface area contributed by atoms with E-state index in [-0.39, 0.29) is 6.03 Å². The highest BCUT2D eigenvalue weighted by molar-refractivity contribution is 6.33. The lowest BCUT2D eigenvalue weighted by molar-refractivity contribution is 0.159. The van der Waals surface area contributed by atoms with Gasteiger partial charge in [-0.25, -0.2) is 4.79 Å². The van der Waals surface area contributed by atoms with Gasteiger partial charge in [-0.3, -0.25) is 0 Å². The average molecular weight is 310 g/mol. The van der Waals surface area contributed by atoms with Crippen molar-refractivity contribution in [3.63, 3.8) is 0 Å². The van der Waals surface area contributed by atoms with Crippen molar-refractivity contribution in [2.75, 3.05) is 25.0 Å². The van der Waals surface area contributed by atoms with E-state index >= 15 is 0 Å². The molecule has 5 heteroatoms. The third kappa shape index (κ3) is 5.21. The van der Waals surface area contributed by atoms with Crippen LogP contribution in [0.25, 0.3) is 0 Å². The molecule has 1 aliphatic rings. The van der Waals surface area contributed by atoms with Crippen molar-refractivity contribution in [1.82, 2.24) is 10.2 Å². The standard InChI is InChI=1S/C16H24ClN3O/c1-13-7-4-5-11-20(13)12-6-10-18-16(21)19-15-9-3-2-8-14(15)17/h2-3,8-9,13H,4-7,10-12H2,1H3,(H2,18,19,21)/t13-/m1/s1. The van der Waals surface area contributed by atoms with Crippen LogP contribution >= 0.6 is 11.6 Å². The van der Waals surface area contributed by atoms with E-state index in [4.69, 9.17) is 11.6 Å². The Kier molecular flexibility index (Phi) is 6.33. The Labute approximate surface area is 131 Å². The zero-order valence-corrected chi connectivity index (χ0v) is 13.3. The zero-order valence-electron chi connectivity index (χ0n) is 12.6. The van der Waals surface area contributed by atoms with Crippen molar-refractivity contribution in [1.29, 1.82) is 0 Å². The summed E-state index contributed by atoms with van der Waals surface area (Å²) in [5.41, 5.74) is 0.640. The molecule has 0 unspecified atom stereocenters. The normalized spacial score (nSPS) is 19.2. The smallest absolute Gasteiger partial charge is 0.319 e. The Morgan fingerprint density at radius 3 is 2.95 bits per heavy atom. The fraction of sp³-hybridized carbons (Fsp3) is 0.562. The molecule has 0 bridgehead atoms. The SMILES string of the molecule is C[C@@H]1CCCCN1CCCNC(=O)Nc1ccccc1Cl. The lowest BCUT2D eigenvalue weighted by atomic mass is 10.0. The summed E-state index contributed by atoms with van der Waals surface area (Å²) in [5, 5.41) is 6.19. The van der Waals surface area contributed by atoms with Crippen molar-refractivity contribution < 1.29 is 4.79 Å². The summed E-state index contributed by atoms with van der Waals surface area (Å²) in [4.78, 5) is 14.3. The van der Waals surface area contributed by atoms with Crippen molar-refractivity contribution in [3.8, 4) is 0 Å². The van der Waals surface area contributed by atoms with Crippen molar-refractivity contribution in [2.45, 2.75) is 38.6 Å². The number of rotatable bonds is 5. The number of likely N-dealkylation sites (tertiary alicyclic amines) is 1. The minimum absolute atomic E-state index is 0.199. The van der Waals surface area contributed by atoms with Crippen LogP contribution in [0.3, 0.4) is 0 Å². The van der Waals surface area contributed by atoms with Gasteiger partial charge in [-0.2, -0.15) is 0 Å². The summed E-state index contributed by atoms with van der Waals surface area (Å²) in [7, 11) is 0. The number of carbonyl (C=O) groups is 1. The highest BCUT2D eigenvalue weighted by atomic mass is 35.5. The second-order valence-electron chi connectivity index (χ2n) is 5.60. The average Bonchev–Trinajstić information content (AvgIpc) is 2.48. The van der Waals surface area contributed by atoms with Gasteiger partial charge in [0.05, 0.1) is 10.7 Å². The van der Waals surface area contributed by atoms with Crippen LogP contribution in [0.5, 0.6) is 0 Å². The van der Waals surface area contributed by atoms with Gasteiger partial charge in [0.2, 0.25) is 0 Å². The van der Waals surface area contributed by atoms with Gasteiger partial charge in [0.1, 0.15) is 0 Å². The molecule has 1 aromatic carbocycles. The van der Waals surface area contributed by atoms with Gasteiger partial charge in [0.25, 0.3) is 0 Å².